The Labute approximate surface area is 215 Å². The largest absolute Gasteiger partial charge is 0.393 e. The molecule has 1 saturated heterocycles. The summed E-state index contributed by atoms with van der Waals surface area (Å²) in [7, 11) is 0. The summed E-state index contributed by atoms with van der Waals surface area (Å²) in [5.74, 6) is -2.75. The zero-order valence-electron chi connectivity index (χ0n) is 20.7. The predicted octanol–water partition coefficient (Wildman–Crippen LogP) is 2.85. The van der Waals surface area contributed by atoms with Crippen molar-refractivity contribution in [1.29, 1.82) is 0 Å². The highest BCUT2D eigenvalue weighted by Crippen LogP contribution is 2.37. The average molecular weight is 535 g/mol. The number of aromatic nitrogens is 5. The molecule has 0 radical (unpaired) electrons. The maximum atomic E-state index is 13.2. The van der Waals surface area contributed by atoms with Gasteiger partial charge in [-0.2, -0.15) is 18.3 Å². The SMILES string of the molecule is C[C@H]1CC[C@H]([C@H](NC(=O)c2nonc2N)c2cn3nc(CC4C[C@@H](C(F)(F)F)CNC4=O)ccc3n2)CC1. The molecule has 0 spiro atoms. The molecule has 38 heavy (non-hydrogen) atoms. The van der Waals surface area contributed by atoms with Crippen molar-refractivity contribution in [2.24, 2.45) is 23.7 Å². The molecule has 3 aromatic heterocycles. The van der Waals surface area contributed by atoms with E-state index in [0.717, 1.165) is 25.7 Å². The Hall–Kier alpha value is -3.71. The van der Waals surface area contributed by atoms with E-state index in [1.807, 2.05) is 0 Å². The topological polar surface area (TPSA) is 153 Å². The van der Waals surface area contributed by atoms with Crippen LogP contribution in [0, 0.1) is 23.7 Å². The van der Waals surface area contributed by atoms with Crippen LogP contribution < -0.4 is 16.4 Å². The molecule has 0 aromatic carbocycles. The number of piperidine rings is 1. The van der Waals surface area contributed by atoms with Crippen LogP contribution in [-0.4, -0.2) is 49.4 Å². The number of nitrogens with one attached hydrogen (secondary N) is 2. The first-order chi connectivity index (χ1) is 18.1. The van der Waals surface area contributed by atoms with Crippen molar-refractivity contribution in [1.82, 2.24) is 35.5 Å². The lowest BCUT2D eigenvalue weighted by Gasteiger charge is -2.32. The van der Waals surface area contributed by atoms with Crippen molar-refractivity contribution in [3.63, 3.8) is 0 Å². The number of anilines is 1. The number of nitrogens with zero attached hydrogens (tertiary/aromatic N) is 5. The molecule has 14 heteroatoms. The van der Waals surface area contributed by atoms with Gasteiger partial charge in [0.05, 0.1) is 29.5 Å². The van der Waals surface area contributed by atoms with Crippen molar-refractivity contribution in [2.75, 3.05) is 12.3 Å². The summed E-state index contributed by atoms with van der Waals surface area (Å²) < 4.78 is 45.7. The van der Waals surface area contributed by atoms with Crippen LogP contribution in [0.5, 0.6) is 0 Å². The van der Waals surface area contributed by atoms with E-state index < -0.39 is 42.4 Å². The molecule has 0 bridgehead atoms. The summed E-state index contributed by atoms with van der Waals surface area (Å²) in [4.78, 5) is 29.9. The van der Waals surface area contributed by atoms with Gasteiger partial charge < -0.3 is 16.4 Å². The van der Waals surface area contributed by atoms with Gasteiger partial charge in [0.2, 0.25) is 17.4 Å². The van der Waals surface area contributed by atoms with E-state index >= 15 is 0 Å². The number of carbonyl (C=O) groups is 2. The third-order valence-corrected chi connectivity index (χ3v) is 7.64. The number of nitrogen functional groups attached to an aromatic ring is 1. The number of nitrogens with two attached hydrogens (primary N) is 1. The second-order valence-electron chi connectivity index (χ2n) is 10.4. The van der Waals surface area contributed by atoms with Gasteiger partial charge in [0.1, 0.15) is 0 Å². The van der Waals surface area contributed by atoms with Crippen LogP contribution in [0.1, 0.15) is 66.9 Å². The van der Waals surface area contributed by atoms with Crippen LogP contribution in [0.3, 0.4) is 0 Å². The second-order valence-corrected chi connectivity index (χ2v) is 10.4. The summed E-state index contributed by atoms with van der Waals surface area (Å²) in [6, 6.07) is 2.91. The van der Waals surface area contributed by atoms with E-state index in [0.29, 0.717) is 23.0 Å². The van der Waals surface area contributed by atoms with Gasteiger partial charge in [-0.25, -0.2) is 14.1 Å². The van der Waals surface area contributed by atoms with E-state index in [9.17, 15) is 22.8 Å². The standard InChI is InChI=1S/C24H29F3N8O3/c1-12-2-4-13(5-3-12)19(31-23(37)20-21(28)34-38-33-20)17-11-35-18(30-17)7-6-16(32-35)9-14-8-15(24(25,26)27)10-29-22(14)36/h6-7,11-15,19H,2-5,8-10H2,1H3,(H2,28,34)(H,29,36)(H,31,37)/t12-,13-,14?,15-,19+/m1/s1. The molecule has 1 saturated carbocycles. The van der Waals surface area contributed by atoms with Crippen molar-refractivity contribution < 1.29 is 27.4 Å². The minimum absolute atomic E-state index is 0.0704. The molecular formula is C24H29F3N8O3. The minimum Gasteiger partial charge on any atom is -0.379 e. The molecule has 3 aromatic rings. The van der Waals surface area contributed by atoms with Crippen molar-refractivity contribution in [3.8, 4) is 0 Å². The molecule has 3 atom stereocenters. The number of fused-ring (bicyclic) bond motifs is 1. The number of imidazole rings is 1. The fourth-order valence-electron chi connectivity index (χ4n) is 5.39. The van der Waals surface area contributed by atoms with E-state index in [4.69, 9.17) is 5.73 Å². The Bertz CT molecular complexity index is 1310. The molecule has 1 aliphatic heterocycles. The summed E-state index contributed by atoms with van der Waals surface area (Å²) in [6.07, 6.45) is 0.938. The lowest BCUT2D eigenvalue weighted by Crippen LogP contribution is -2.47. The molecule has 204 valence electrons. The maximum Gasteiger partial charge on any atom is 0.393 e. The highest BCUT2D eigenvalue weighted by molar-refractivity contribution is 5.96. The van der Waals surface area contributed by atoms with Crippen LogP contribution in [0.15, 0.2) is 23.0 Å². The molecule has 4 heterocycles. The lowest BCUT2D eigenvalue weighted by atomic mass is 9.78. The molecule has 5 rings (SSSR count). The van der Waals surface area contributed by atoms with Gasteiger partial charge in [0.15, 0.2) is 5.65 Å². The molecule has 11 nitrogen and oxygen atoms in total. The molecular weight excluding hydrogens is 505 g/mol. The van der Waals surface area contributed by atoms with E-state index in [-0.39, 0.29) is 30.3 Å². The van der Waals surface area contributed by atoms with Crippen LogP contribution >= 0.6 is 0 Å². The number of rotatable bonds is 6. The number of amides is 2. The molecule has 4 N–H and O–H groups in total. The maximum absolute atomic E-state index is 13.2. The summed E-state index contributed by atoms with van der Waals surface area (Å²) in [5, 5.41) is 16.9. The minimum atomic E-state index is -4.37. The first-order valence-electron chi connectivity index (χ1n) is 12.7. The zero-order chi connectivity index (χ0) is 27.0. The summed E-state index contributed by atoms with van der Waals surface area (Å²) in [5.41, 5.74) is 7.16. The van der Waals surface area contributed by atoms with Crippen LogP contribution in [0.2, 0.25) is 0 Å². The molecule has 2 aliphatic rings. The first kappa shape index (κ1) is 25.9. The van der Waals surface area contributed by atoms with Gasteiger partial charge in [-0.05, 0) is 53.5 Å². The fourth-order valence-corrected chi connectivity index (χ4v) is 5.39. The van der Waals surface area contributed by atoms with Gasteiger partial charge in [0.25, 0.3) is 5.91 Å². The molecule has 2 fully saturated rings. The normalized spacial score (nSPS) is 25.2. The van der Waals surface area contributed by atoms with Gasteiger partial charge in [-0.3, -0.25) is 9.59 Å². The van der Waals surface area contributed by atoms with Crippen molar-refractivity contribution in [3.05, 3.63) is 35.4 Å². The lowest BCUT2D eigenvalue weighted by molar-refractivity contribution is -0.183. The van der Waals surface area contributed by atoms with E-state index in [1.54, 1.807) is 18.3 Å². The molecule has 1 aliphatic carbocycles. The first-order valence-corrected chi connectivity index (χ1v) is 12.7. The number of carbonyl (C=O) groups excluding carboxylic acids is 2. The Morgan fingerprint density at radius 3 is 2.71 bits per heavy atom. The van der Waals surface area contributed by atoms with E-state index in [1.165, 1.54) is 4.52 Å². The highest BCUT2D eigenvalue weighted by atomic mass is 19.4. The Kier molecular flexibility index (Phi) is 6.97. The number of halogens is 3. The van der Waals surface area contributed by atoms with Gasteiger partial charge in [0, 0.05) is 18.9 Å². The summed E-state index contributed by atoms with van der Waals surface area (Å²) in [6.45, 7) is 1.80. The third-order valence-electron chi connectivity index (χ3n) is 7.64. The smallest absolute Gasteiger partial charge is 0.379 e. The zero-order valence-corrected chi connectivity index (χ0v) is 20.7. The summed E-state index contributed by atoms with van der Waals surface area (Å²) >= 11 is 0. The fraction of sp³-hybridized carbons (Fsp3) is 0.583. The number of alkyl halides is 3. The quantitative estimate of drug-likeness (QED) is 0.436. The van der Waals surface area contributed by atoms with Crippen molar-refractivity contribution >= 4 is 23.3 Å². The highest BCUT2D eigenvalue weighted by Gasteiger charge is 2.44. The van der Waals surface area contributed by atoms with Crippen LogP contribution in [0.25, 0.3) is 5.65 Å². The predicted molar refractivity (Wildman–Crippen MR) is 127 cm³/mol. The van der Waals surface area contributed by atoms with Gasteiger partial charge >= 0.3 is 6.18 Å². The Morgan fingerprint density at radius 1 is 1.26 bits per heavy atom. The van der Waals surface area contributed by atoms with Crippen molar-refractivity contribution in [2.45, 2.75) is 57.7 Å². The Balaban J connectivity index is 1.38. The average Bonchev–Trinajstić information content (AvgIpc) is 3.49. The van der Waals surface area contributed by atoms with Crippen LogP contribution in [-0.2, 0) is 11.2 Å². The monoisotopic (exact) mass is 534 g/mol. The number of hydrogen-bond acceptors (Lipinski definition) is 8. The molecule has 1 unspecified atom stereocenters. The Morgan fingerprint density at radius 2 is 2.03 bits per heavy atom. The number of hydrogen-bond donors (Lipinski definition) is 3. The molecule has 2 amide bonds. The second kappa shape index (κ2) is 10.2. The van der Waals surface area contributed by atoms with Gasteiger partial charge in [-0.15, -0.1) is 0 Å². The van der Waals surface area contributed by atoms with Gasteiger partial charge in [-0.1, -0.05) is 19.8 Å². The third kappa shape index (κ3) is 5.43. The van der Waals surface area contributed by atoms with E-state index in [2.05, 4.69) is 42.6 Å². The van der Waals surface area contributed by atoms with Crippen LogP contribution in [0.4, 0.5) is 19.0 Å².